The van der Waals surface area contributed by atoms with Crippen LogP contribution in [0, 0.1) is 18.7 Å². The standard InChI is InChI=1S/C26H27FN6O3/c1-16(13-28-19-6-5-7-21(12-19)36-4)14-32-24(34)22-23(30(3)26(32)35)29-25-31(22)15-17(2)33(25)20-10-8-18(27)9-11-20/h5-12,15-16,28H,13-14H2,1-4H3. The third-order valence-corrected chi connectivity index (χ3v) is 6.33. The molecule has 0 aliphatic heterocycles. The molecule has 0 aliphatic rings. The van der Waals surface area contributed by atoms with Crippen molar-refractivity contribution in [2.24, 2.45) is 13.0 Å². The molecule has 0 spiro atoms. The zero-order valence-electron chi connectivity index (χ0n) is 20.5. The molecule has 0 fully saturated rings. The first-order valence-corrected chi connectivity index (χ1v) is 11.6. The van der Waals surface area contributed by atoms with Gasteiger partial charge in [-0.05, 0) is 49.2 Å². The molecule has 9 nitrogen and oxygen atoms in total. The highest BCUT2D eigenvalue weighted by Crippen LogP contribution is 2.21. The average molecular weight is 491 g/mol. The number of aromatic nitrogens is 5. The highest BCUT2D eigenvalue weighted by molar-refractivity contribution is 5.76. The molecule has 0 bridgehead atoms. The van der Waals surface area contributed by atoms with Crippen molar-refractivity contribution >= 4 is 22.6 Å². The number of methoxy groups -OCH3 is 1. The number of halogens is 1. The smallest absolute Gasteiger partial charge is 0.332 e. The van der Waals surface area contributed by atoms with Gasteiger partial charge in [0.25, 0.3) is 5.56 Å². The molecule has 0 amide bonds. The maximum absolute atomic E-state index is 13.6. The second kappa shape index (κ2) is 9.03. The van der Waals surface area contributed by atoms with Crippen LogP contribution in [0.1, 0.15) is 12.6 Å². The molecule has 0 saturated carbocycles. The van der Waals surface area contributed by atoms with Gasteiger partial charge < -0.3 is 10.1 Å². The molecule has 0 radical (unpaired) electrons. The summed E-state index contributed by atoms with van der Waals surface area (Å²) in [6.45, 7) is 4.66. The summed E-state index contributed by atoms with van der Waals surface area (Å²) in [4.78, 5) is 31.3. The molecule has 3 aromatic heterocycles. The second-order valence-electron chi connectivity index (χ2n) is 9.01. The van der Waals surface area contributed by atoms with E-state index < -0.39 is 11.2 Å². The maximum atomic E-state index is 13.6. The van der Waals surface area contributed by atoms with Crippen LogP contribution in [-0.2, 0) is 13.6 Å². The van der Waals surface area contributed by atoms with E-state index in [4.69, 9.17) is 4.74 Å². The molecule has 5 aromatic rings. The maximum Gasteiger partial charge on any atom is 0.332 e. The van der Waals surface area contributed by atoms with Crippen LogP contribution in [0.3, 0.4) is 0 Å². The number of nitrogens with one attached hydrogen (secondary N) is 1. The molecular weight excluding hydrogens is 463 g/mol. The quantitative estimate of drug-likeness (QED) is 0.378. The average Bonchev–Trinajstić information content (AvgIpc) is 3.39. The number of aryl methyl sites for hydroxylation is 2. The van der Waals surface area contributed by atoms with Gasteiger partial charge in [-0.15, -0.1) is 0 Å². The van der Waals surface area contributed by atoms with E-state index in [0.29, 0.717) is 29.2 Å². The Morgan fingerprint density at radius 3 is 2.61 bits per heavy atom. The SMILES string of the molecule is COc1cccc(NCC(C)Cn2c(=O)c3c(nc4n(-c5ccc(F)cc5)c(C)cn34)n(C)c2=O)c1. The number of nitrogens with zero attached hydrogens (tertiary/aromatic N) is 5. The van der Waals surface area contributed by atoms with E-state index in [9.17, 15) is 14.0 Å². The minimum absolute atomic E-state index is 0.0204. The summed E-state index contributed by atoms with van der Waals surface area (Å²) in [7, 11) is 3.23. The van der Waals surface area contributed by atoms with Gasteiger partial charge in [-0.1, -0.05) is 13.0 Å². The predicted octanol–water partition coefficient (Wildman–Crippen LogP) is 3.34. The number of hydrogen-bond acceptors (Lipinski definition) is 5. The fourth-order valence-electron chi connectivity index (χ4n) is 4.48. The van der Waals surface area contributed by atoms with Crippen molar-refractivity contribution in [2.75, 3.05) is 19.0 Å². The van der Waals surface area contributed by atoms with Crippen LogP contribution >= 0.6 is 0 Å². The lowest BCUT2D eigenvalue weighted by Crippen LogP contribution is -2.41. The van der Waals surface area contributed by atoms with E-state index in [1.165, 1.54) is 21.3 Å². The van der Waals surface area contributed by atoms with Crippen LogP contribution in [-0.4, -0.2) is 36.7 Å². The van der Waals surface area contributed by atoms with Gasteiger partial charge in [-0.25, -0.2) is 9.18 Å². The van der Waals surface area contributed by atoms with Crippen molar-refractivity contribution in [3.8, 4) is 11.4 Å². The Morgan fingerprint density at radius 2 is 1.89 bits per heavy atom. The summed E-state index contributed by atoms with van der Waals surface area (Å²) in [5, 5.41) is 3.34. The Hall–Kier alpha value is -4.34. The number of benzene rings is 2. The van der Waals surface area contributed by atoms with Crippen LogP contribution in [0.25, 0.3) is 22.6 Å². The van der Waals surface area contributed by atoms with Crippen LogP contribution in [0.2, 0.25) is 0 Å². The third-order valence-electron chi connectivity index (χ3n) is 6.33. The van der Waals surface area contributed by atoms with Crippen molar-refractivity contribution < 1.29 is 9.13 Å². The van der Waals surface area contributed by atoms with Crippen molar-refractivity contribution in [3.63, 3.8) is 0 Å². The zero-order valence-corrected chi connectivity index (χ0v) is 20.5. The fraction of sp³-hybridized carbons (Fsp3) is 0.269. The predicted molar refractivity (Wildman–Crippen MR) is 137 cm³/mol. The molecule has 5 rings (SSSR count). The number of hydrogen-bond donors (Lipinski definition) is 1. The second-order valence-corrected chi connectivity index (χ2v) is 9.01. The summed E-state index contributed by atoms with van der Waals surface area (Å²) >= 11 is 0. The van der Waals surface area contributed by atoms with Crippen molar-refractivity contribution in [1.82, 2.24) is 23.1 Å². The van der Waals surface area contributed by atoms with Crippen LogP contribution in [0.15, 0.2) is 64.3 Å². The summed E-state index contributed by atoms with van der Waals surface area (Å²) in [6, 6.07) is 13.6. The molecule has 1 unspecified atom stereocenters. The van der Waals surface area contributed by atoms with E-state index in [1.807, 2.05) is 42.7 Å². The molecule has 1 N–H and O–H groups in total. The van der Waals surface area contributed by atoms with Gasteiger partial charge in [-0.3, -0.25) is 22.9 Å². The number of anilines is 1. The first kappa shape index (κ1) is 23.4. The van der Waals surface area contributed by atoms with Crippen LogP contribution in [0.4, 0.5) is 10.1 Å². The Bertz CT molecular complexity index is 1690. The van der Waals surface area contributed by atoms with E-state index in [-0.39, 0.29) is 18.3 Å². The first-order chi connectivity index (χ1) is 17.3. The van der Waals surface area contributed by atoms with Crippen LogP contribution in [0.5, 0.6) is 5.75 Å². The lowest BCUT2D eigenvalue weighted by atomic mass is 10.1. The third kappa shape index (κ3) is 3.94. The summed E-state index contributed by atoms with van der Waals surface area (Å²) in [6.07, 6.45) is 1.80. The highest BCUT2D eigenvalue weighted by atomic mass is 19.1. The highest BCUT2D eigenvalue weighted by Gasteiger charge is 2.21. The number of fused-ring (bicyclic) bond motifs is 3. The molecular formula is C26H27FN6O3. The molecule has 36 heavy (non-hydrogen) atoms. The molecule has 0 saturated heterocycles. The molecule has 186 valence electrons. The van der Waals surface area contributed by atoms with Crippen molar-refractivity contribution in [1.29, 1.82) is 0 Å². The van der Waals surface area contributed by atoms with Gasteiger partial charge in [-0.2, -0.15) is 4.98 Å². The lowest BCUT2D eigenvalue weighted by molar-refractivity contribution is 0.415. The first-order valence-electron chi connectivity index (χ1n) is 11.6. The lowest BCUT2D eigenvalue weighted by Gasteiger charge is -2.16. The molecule has 10 heteroatoms. The fourth-order valence-corrected chi connectivity index (χ4v) is 4.48. The van der Waals surface area contributed by atoms with Gasteiger partial charge >= 0.3 is 5.69 Å². The minimum Gasteiger partial charge on any atom is -0.497 e. The van der Waals surface area contributed by atoms with Crippen molar-refractivity contribution in [2.45, 2.75) is 20.4 Å². The van der Waals surface area contributed by atoms with E-state index in [0.717, 1.165) is 17.1 Å². The van der Waals surface area contributed by atoms with E-state index >= 15 is 0 Å². The Balaban J connectivity index is 1.52. The topological polar surface area (TPSA) is 87.5 Å². The number of ether oxygens (including phenoxy) is 1. The van der Waals surface area contributed by atoms with E-state index in [2.05, 4.69) is 10.3 Å². The largest absolute Gasteiger partial charge is 0.497 e. The Morgan fingerprint density at radius 1 is 1.14 bits per heavy atom. The zero-order chi connectivity index (χ0) is 25.6. The molecule has 3 heterocycles. The number of rotatable bonds is 7. The van der Waals surface area contributed by atoms with Gasteiger partial charge in [0, 0.05) is 49.5 Å². The van der Waals surface area contributed by atoms with Crippen LogP contribution < -0.4 is 21.3 Å². The van der Waals surface area contributed by atoms with Gasteiger partial charge in [0.15, 0.2) is 11.2 Å². The minimum atomic E-state index is -0.425. The Kier molecular flexibility index (Phi) is 5.87. The van der Waals surface area contributed by atoms with E-state index in [1.54, 1.807) is 36.9 Å². The van der Waals surface area contributed by atoms with Gasteiger partial charge in [0.05, 0.1) is 7.11 Å². The molecule has 1 atom stereocenters. The van der Waals surface area contributed by atoms with Gasteiger partial charge in [0.1, 0.15) is 11.6 Å². The normalized spacial score (nSPS) is 12.4. The summed E-state index contributed by atoms with van der Waals surface area (Å²) in [5.41, 5.74) is 2.23. The number of imidazole rings is 2. The summed E-state index contributed by atoms with van der Waals surface area (Å²) in [5.74, 6) is 0.865. The Labute approximate surface area is 206 Å². The van der Waals surface area contributed by atoms with Crippen molar-refractivity contribution in [3.05, 3.63) is 87.1 Å². The molecule has 0 aliphatic carbocycles. The van der Waals surface area contributed by atoms with Gasteiger partial charge in [0.2, 0.25) is 5.78 Å². The summed E-state index contributed by atoms with van der Waals surface area (Å²) < 4.78 is 24.9. The monoisotopic (exact) mass is 490 g/mol. The molecule has 2 aromatic carbocycles.